The molecule has 12 nitrogen and oxygen atoms in total. The molecule has 50 heavy (non-hydrogen) atoms. The van der Waals surface area contributed by atoms with E-state index in [9.17, 15) is 28.8 Å². The highest BCUT2D eigenvalue weighted by Crippen LogP contribution is 2.21. The van der Waals surface area contributed by atoms with Crippen LogP contribution in [-0.2, 0) is 38.2 Å². The number of ether oxygens (including phenoxy) is 3. The van der Waals surface area contributed by atoms with Gasteiger partial charge in [0, 0.05) is 18.6 Å². The molecule has 0 saturated carbocycles. The van der Waals surface area contributed by atoms with Gasteiger partial charge in [0.05, 0.1) is 19.5 Å². The minimum atomic E-state index is -1.17. The molecule has 0 aliphatic heterocycles. The van der Waals surface area contributed by atoms with Gasteiger partial charge < -0.3 is 30.2 Å². The number of Topliss-reactive ketones (excluding diaryl/α,β-unsaturated/α-hetero) is 1. The molecular formula is C37H65N3O9S. The van der Waals surface area contributed by atoms with Gasteiger partial charge in [-0.15, -0.1) is 18.3 Å². The summed E-state index contributed by atoms with van der Waals surface area (Å²) in [4.78, 5) is 75.3. The number of unbranched alkanes of at least 4 members (excludes halogenated alkanes) is 12. The number of thioether (sulfide) groups is 1. The Morgan fingerprint density at radius 2 is 1.32 bits per heavy atom. The van der Waals surface area contributed by atoms with Crippen LogP contribution in [0.4, 0.5) is 4.79 Å². The number of ketones is 1. The zero-order valence-corrected chi connectivity index (χ0v) is 32.4. The van der Waals surface area contributed by atoms with Crippen molar-refractivity contribution >= 4 is 47.4 Å². The molecule has 0 radical (unpaired) electrons. The molecule has 0 aromatic carbocycles. The molecule has 0 aromatic rings. The number of hydrogen-bond donors (Lipinski definition) is 3. The van der Waals surface area contributed by atoms with Gasteiger partial charge in [-0.3, -0.25) is 19.2 Å². The van der Waals surface area contributed by atoms with E-state index in [1.807, 2.05) is 0 Å². The molecule has 0 heterocycles. The fraction of sp³-hybridized carbons (Fsp3) is 0.784. The van der Waals surface area contributed by atoms with E-state index >= 15 is 0 Å². The maximum atomic E-state index is 13.1. The Morgan fingerprint density at radius 3 is 1.82 bits per heavy atom. The second-order valence-corrected chi connectivity index (χ2v) is 14.7. The van der Waals surface area contributed by atoms with Crippen molar-refractivity contribution in [1.82, 2.24) is 16.0 Å². The van der Waals surface area contributed by atoms with Gasteiger partial charge in [-0.25, -0.2) is 9.59 Å². The zero-order valence-electron chi connectivity index (χ0n) is 31.5. The molecule has 0 aliphatic rings. The van der Waals surface area contributed by atoms with E-state index in [1.54, 1.807) is 26.8 Å². The maximum Gasteiger partial charge on any atom is 0.408 e. The van der Waals surface area contributed by atoms with Crippen LogP contribution in [0.1, 0.15) is 137 Å². The number of hydrogen-bond acceptors (Lipinski definition) is 10. The molecule has 0 spiro atoms. The molecule has 1 unspecified atom stereocenters. The second-order valence-electron chi connectivity index (χ2n) is 13.5. The van der Waals surface area contributed by atoms with Crippen molar-refractivity contribution in [3.05, 3.63) is 12.7 Å². The summed E-state index contributed by atoms with van der Waals surface area (Å²) in [5.74, 6) is -2.52. The lowest BCUT2D eigenvalue weighted by Crippen LogP contribution is -2.50. The summed E-state index contributed by atoms with van der Waals surface area (Å²) < 4.78 is 14.5. The van der Waals surface area contributed by atoms with Gasteiger partial charge in [-0.1, -0.05) is 90.0 Å². The van der Waals surface area contributed by atoms with Crippen LogP contribution in [0, 0.1) is 0 Å². The number of rotatable bonds is 29. The van der Waals surface area contributed by atoms with Crippen molar-refractivity contribution < 1.29 is 43.0 Å². The van der Waals surface area contributed by atoms with Crippen LogP contribution in [0.3, 0.4) is 0 Å². The Hall–Kier alpha value is -3.09. The summed E-state index contributed by atoms with van der Waals surface area (Å²) in [5, 5.41) is 7.05. The third kappa shape index (κ3) is 25.0. The monoisotopic (exact) mass is 727 g/mol. The molecular weight excluding hydrogens is 662 g/mol. The quantitative estimate of drug-likeness (QED) is 0.0343. The van der Waals surface area contributed by atoms with Gasteiger partial charge >= 0.3 is 18.0 Å². The zero-order chi connectivity index (χ0) is 37.8. The summed E-state index contributed by atoms with van der Waals surface area (Å²) in [5.41, 5.74) is -0.804. The standard InChI is InChI=1S/C37H65N3O9S/c1-8-10-11-12-13-14-15-16-17-18-19-20-21-23-30(41)31(22-9-2)50-27-29(34(44)38-26-33(43)47-6)39-32(42)25-24-28(35(45)48-7)40-36(46)49-37(3,4)5/h9,28-29,31H,2,8,10-27H2,1,3-7H3,(H,38,44)(H,39,42)(H,40,46)/t28-,29-,31?/m0/s1. The number of allylic oxidation sites excluding steroid dienone is 1. The lowest BCUT2D eigenvalue weighted by molar-refractivity contribution is -0.143. The van der Waals surface area contributed by atoms with Gasteiger partial charge in [0.15, 0.2) is 0 Å². The van der Waals surface area contributed by atoms with Gasteiger partial charge in [-0.2, -0.15) is 0 Å². The van der Waals surface area contributed by atoms with Crippen LogP contribution in [0.5, 0.6) is 0 Å². The highest BCUT2D eigenvalue weighted by Gasteiger charge is 2.28. The van der Waals surface area contributed by atoms with Gasteiger partial charge in [0.1, 0.15) is 30.0 Å². The SMILES string of the molecule is C=CCC(SC[C@H](NC(=O)CC[C@H](NC(=O)OC(C)(C)C)C(=O)OC)C(=O)NCC(=O)OC)C(=O)CCCCCCCCCCCCCCC. The van der Waals surface area contributed by atoms with Crippen molar-refractivity contribution in [2.24, 2.45) is 0 Å². The van der Waals surface area contributed by atoms with E-state index in [0.29, 0.717) is 12.8 Å². The van der Waals surface area contributed by atoms with E-state index in [-0.39, 0.29) is 24.4 Å². The smallest absolute Gasteiger partial charge is 0.408 e. The minimum Gasteiger partial charge on any atom is -0.468 e. The largest absolute Gasteiger partial charge is 0.468 e. The van der Waals surface area contributed by atoms with E-state index in [2.05, 4.69) is 34.2 Å². The Balaban J connectivity index is 5.04. The molecule has 0 aliphatic carbocycles. The first-order chi connectivity index (χ1) is 23.8. The lowest BCUT2D eigenvalue weighted by atomic mass is 10.0. The second kappa shape index (κ2) is 28.6. The van der Waals surface area contributed by atoms with Crippen molar-refractivity contribution in [3.8, 4) is 0 Å². The third-order valence-corrected chi connectivity index (χ3v) is 9.24. The Bertz CT molecular complexity index is 1030. The molecule has 0 rings (SSSR count). The molecule has 0 fully saturated rings. The number of nitrogens with one attached hydrogen (secondary N) is 3. The average molecular weight is 728 g/mol. The van der Waals surface area contributed by atoms with Gasteiger partial charge in [0.25, 0.3) is 0 Å². The molecule has 288 valence electrons. The van der Waals surface area contributed by atoms with Crippen LogP contribution >= 0.6 is 11.8 Å². The number of methoxy groups -OCH3 is 2. The normalized spacial score (nSPS) is 12.9. The summed E-state index contributed by atoms with van der Waals surface area (Å²) in [6.45, 7) is 10.6. The van der Waals surface area contributed by atoms with E-state index in [0.717, 1.165) is 26.4 Å². The molecule has 0 saturated heterocycles. The fourth-order valence-electron chi connectivity index (χ4n) is 5.05. The number of amides is 3. The highest BCUT2D eigenvalue weighted by atomic mass is 32.2. The van der Waals surface area contributed by atoms with Crippen LogP contribution < -0.4 is 16.0 Å². The number of carbonyl (C=O) groups is 6. The molecule has 3 atom stereocenters. The number of esters is 2. The summed E-state index contributed by atoms with van der Waals surface area (Å²) in [7, 11) is 2.35. The van der Waals surface area contributed by atoms with Crippen LogP contribution in [0.2, 0.25) is 0 Å². The van der Waals surface area contributed by atoms with Gasteiger partial charge in [-0.05, 0) is 40.0 Å². The predicted octanol–water partition coefficient (Wildman–Crippen LogP) is 6.34. The summed E-state index contributed by atoms with van der Waals surface area (Å²) in [6.07, 6.45) is 17.1. The molecule has 0 bridgehead atoms. The third-order valence-electron chi connectivity index (χ3n) is 7.85. The van der Waals surface area contributed by atoms with Crippen molar-refractivity contribution in [2.75, 3.05) is 26.5 Å². The molecule has 0 aromatic heterocycles. The van der Waals surface area contributed by atoms with Crippen LogP contribution in [0.25, 0.3) is 0 Å². The highest BCUT2D eigenvalue weighted by molar-refractivity contribution is 8.00. The van der Waals surface area contributed by atoms with E-state index in [4.69, 9.17) is 9.47 Å². The van der Waals surface area contributed by atoms with Gasteiger partial charge in [0.2, 0.25) is 11.8 Å². The predicted molar refractivity (Wildman–Crippen MR) is 198 cm³/mol. The van der Waals surface area contributed by atoms with Crippen LogP contribution in [0.15, 0.2) is 12.7 Å². The summed E-state index contributed by atoms with van der Waals surface area (Å²) >= 11 is 1.24. The maximum absolute atomic E-state index is 13.1. The molecule has 13 heteroatoms. The molecule has 3 N–H and O–H groups in total. The summed E-state index contributed by atoms with van der Waals surface area (Å²) in [6, 6.07) is -2.26. The number of carbonyl (C=O) groups excluding carboxylic acids is 6. The fourth-order valence-corrected chi connectivity index (χ4v) is 6.29. The minimum absolute atomic E-state index is 0.0538. The Labute approximate surface area is 304 Å². The lowest BCUT2D eigenvalue weighted by Gasteiger charge is -2.23. The first-order valence-corrected chi connectivity index (χ1v) is 19.3. The van der Waals surface area contributed by atoms with E-state index < -0.39 is 59.3 Å². The average Bonchev–Trinajstić information content (AvgIpc) is 3.07. The first-order valence-electron chi connectivity index (χ1n) is 18.2. The Kier molecular flexibility index (Phi) is 26.8. The van der Waals surface area contributed by atoms with Crippen LogP contribution in [-0.4, -0.2) is 85.1 Å². The topological polar surface area (TPSA) is 166 Å². The van der Waals surface area contributed by atoms with Crippen molar-refractivity contribution in [1.29, 1.82) is 0 Å². The van der Waals surface area contributed by atoms with Crippen molar-refractivity contribution in [3.63, 3.8) is 0 Å². The number of alkyl carbamates (subject to hydrolysis) is 1. The van der Waals surface area contributed by atoms with Crippen molar-refractivity contribution in [2.45, 2.75) is 160 Å². The van der Waals surface area contributed by atoms with E-state index in [1.165, 1.54) is 83.1 Å². The molecule has 3 amide bonds. The Morgan fingerprint density at radius 1 is 0.760 bits per heavy atom. The first kappa shape index (κ1) is 46.9.